The van der Waals surface area contributed by atoms with E-state index in [0.717, 1.165) is 50.9 Å². The van der Waals surface area contributed by atoms with Crippen molar-refractivity contribution in [2.45, 2.75) is 32.5 Å². The highest BCUT2D eigenvalue weighted by molar-refractivity contribution is 7.98. The molecule has 6 heteroatoms. The van der Waals surface area contributed by atoms with Gasteiger partial charge in [0.25, 0.3) is 0 Å². The van der Waals surface area contributed by atoms with Crippen LogP contribution < -0.4 is 10.6 Å². The summed E-state index contributed by atoms with van der Waals surface area (Å²) in [5.41, 5.74) is 0. The summed E-state index contributed by atoms with van der Waals surface area (Å²) < 4.78 is 5.74. The maximum absolute atomic E-state index is 5.74. The summed E-state index contributed by atoms with van der Waals surface area (Å²) in [6, 6.07) is 0. The van der Waals surface area contributed by atoms with Crippen molar-refractivity contribution in [2.75, 3.05) is 51.8 Å². The molecule has 0 spiro atoms. The van der Waals surface area contributed by atoms with Gasteiger partial charge in [-0.25, -0.2) is 0 Å². The molecule has 20 heavy (non-hydrogen) atoms. The second-order valence-corrected chi connectivity index (χ2v) is 6.27. The highest BCUT2D eigenvalue weighted by atomic mass is 32.2. The lowest BCUT2D eigenvalue weighted by molar-refractivity contribution is -0.0679. The molecule has 0 aliphatic carbocycles. The summed E-state index contributed by atoms with van der Waals surface area (Å²) in [7, 11) is 1.82. The minimum absolute atomic E-state index is 0.354. The highest BCUT2D eigenvalue weighted by Crippen LogP contribution is 2.10. The van der Waals surface area contributed by atoms with Crippen LogP contribution in [0.5, 0.6) is 0 Å². The minimum atomic E-state index is 0.354. The Morgan fingerprint density at radius 2 is 1.90 bits per heavy atom. The Labute approximate surface area is 127 Å². The zero-order valence-corrected chi connectivity index (χ0v) is 14.1. The quantitative estimate of drug-likeness (QED) is 0.418. The third-order valence-corrected chi connectivity index (χ3v) is 3.87. The molecule has 118 valence electrons. The Kier molecular flexibility index (Phi) is 9.05. The first-order chi connectivity index (χ1) is 9.65. The second kappa shape index (κ2) is 10.3. The Bertz CT molecular complexity index is 278. The standard InChI is InChI=1S/C14H30N4OS/c1-12-10-18(11-13(2)19-12)8-5-6-16-14(15-3)17-7-9-20-4/h12-13H,5-11H2,1-4H3,(H2,15,16,17). The molecular weight excluding hydrogens is 272 g/mol. The number of hydrogen-bond acceptors (Lipinski definition) is 4. The van der Waals surface area contributed by atoms with Crippen LogP contribution in [0.25, 0.3) is 0 Å². The molecule has 0 amide bonds. The Morgan fingerprint density at radius 3 is 2.50 bits per heavy atom. The number of morpholine rings is 1. The third kappa shape index (κ3) is 7.36. The number of rotatable bonds is 7. The predicted octanol–water partition coefficient (Wildman–Crippen LogP) is 1.01. The number of ether oxygens (including phenoxy) is 1. The molecule has 1 saturated heterocycles. The van der Waals surface area contributed by atoms with Crippen LogP contribution in [0.15, 0.2) is 4.99 Å². The number of aliphatic imine (C=N–C) groups is 1. The molecule has 0 aromatic carbocycles. The zero-order chi connectivity index (χ0) is 14.8. The van der Waals surface area contributed by atoms with Crippen molar-refractivity contribution in [1.82, 2.24) is 15.5 Å². The molecule has 2 unspecified atom stereocenters. The molecule has 1 aliphatic rings. The summed E-state index contributed by atoms with van der Waals surface area (Å²) in [5, 5.41) is 6.67. The van der Waals surface area contributed by atoms with E-state index >= 15 is 0 Å². The summed E-state index contributed by atoms with van der Waals surface area (Å²) in [6.45, 7) is 9.43. The van der Waals surface area contributed by atoms with Crippen LogP contribution in [0, 0.1) is 0 Å². The van der Waals surface area contributed by atoms with Crippen LogP contribution in [-0.4, -0.2) is 74.8 Å². The molecule has 2 N–H and O–H groups in total. The van der Waals surface area contributed by atoms with E-state index in [1.807, 2.05) is 18.8 Å². The highest BCUT2D eigenvalue weighted by Gasteiger charge is 2.21. The number of guanidine groups is 1. The van der Waals surface area contributed by atoms with Gasteiger partial charge in [-0.3, -0.25) is 9.89 Å². The van der Waals surface area contributed by atoms with E-state index in [9.17, 15) is 0 Å². The molecule has 0 aromatic heterocycles. The first kappa shape index (κ1) is 17.6. The van der Waals surface area contributed by atoms with Crippen LogP contribution in [0.3, 0.4) is 0 Å². The summed E-state index contributed by atoms with van der Waals surface area (Å²) in [6.07, 6.45) is 3.95. The SMILES string of the molecule is CN=C(NCCCN1CC(C)OC(C)C1)NCCSC. The van der Waals surface area contributed by atoms with E-state index in [1.165, 1.54) is 0 Å². The predicted molar refractivity (Wildman–Crippen MR) is 88.8 cm³/mol. The van der Waals surface area contributed by atoms with Gasteiger partial charge in [-0.15, -0.1) is 0 Å². The van der Waals surface area contributed by atoms with Crippen molar-refractivity contribution in [3.8, 4) is 0 Å². The molecule has 0 saturated carbocycles. The lowest BCUT2D eigenvalue weighted by Gasteiger charge is -2.35. The number of hydrogen-bond donors (Lipinski definition) is 2. The van der Waals surface area contributed by atoms with E-state index in [1.54, 1.807) is 0 Å². The first-order valence-corrected chi connectivity index (χ1v) is 8.86. The molecule has 1 aliphatic heterocycles. The maximum Gasteiger partial charge on any atom is 0.191 e. The van der Waals surface area contributed by atoms with Gasteiger partial charge < -0.3 is 15.4 Å². The molecular formula is C14H30N4OS. The van der Waals surface area contributed by atoms with Crippen molar-refractivity contribution in [1.29, 1.82) is 0 Å². The lowest BCUT2D eigenvalue weighted by atomic mass is 10.2. The van der Waals surface area contributed by atoms with Crippen molar-refractivity contribution < 1.29 is 4.74 Å². The molecule has 1 rings (SSSR count). The number of nitrogens with zero attached hydrogens (tertiary/aromatic N) is 2. The Balaban J connectivity index is 2.11. The van der Waals surface area contributed by atoms with Gasteiger partial charge in [0.1, 0.15) is 0 Å². The van der Waals surface area contributed by atoms with Crippen LogP contribution in [0.1, 0.15) is 20.3 Å². The van der Waals surface area contributed by atoms with Gasteiger partial charge in [-0.1, -0.05) is 0 Å². The average Bonchev–Trinajstić information content (AvgIpc) is 2.40. The number of thioether (sulfide) groups is 1. The van der Waals surface area contributed by atoms with Crippen LogP contribution in [-0.2, 0) is 4.74 Å². The summed E-state index contributed by atoms with van der Waals surface area (Å²) in [4.78, 5) is 6.71. The van der Waals surface area contributed by atoms with Crippen molar-refractivity contribution in [3.63, 3.8) is 0 Å². The topological polar surface area (TPSA) is 48.9 Å². The normalized spacial score (nSPS) is 24.7. The van der Waals surface area contributed by atoms with E-state index in [0.29, 0.717) is 12.2 Å². The van der Waals surface area contributed by atoms with Gasteiger partial charge in [0.2, 0.25) is 0 Å². The Hall–Kier alpha value is -0.460. The van der Waals surface area contributed by atoms with Crippen molar-refractivity contribution in [3.05, 3.63) is 0 Å². The fourth-order valence-corrected chi connectivity index (χ4v) is 2.77. The number of nitrogens with one attached hydrogen (secondary N) is 2. The smallest absolute Gasteiger partial charge is 0.191 e. The van der Waals surface area contributed by atoms with Crippen molar-refractivity contribution >= 4 is 17.7 Å². The molecule has 0 bridgehead atoms. The van der Waals surface area contributed by atoms with Crippen molar-refractivity contribution in [2.24, 2.45) is 4.99 Å². The first-order valence-electron chi connectivity index (χ1n) is 7.47. The van der Waals surface area contributed by atoms with E-state index in [-0.39, 0.29) is 0 Å². The van der Waals surface area contributed by atoms with Crippen LogP contribution in [0.2, 0.25) is 0 Å². The lowest BCUT2D eigenvalue weighted by Crippen LogP contribution is -2.46. The van der Waals surface area contributed by atoms with E-state index < -0.39 is 0 Å². The summed E-state index contributed by atoms with van der Waals surface area (Å²) in [5.74, 6) is 2.01. The largest absolute Gasteiger partial charge is 0.373 e. The van der Waals surface area contributed by atoms with Crippen LogP contribution in [0.4, 0.5) is 0 Å². The van der Waals surface area contributed by atoms with Crippen LogP contribution >= 0.6 is 11.8 Å². The minimum Gasteiger partial charge on any atom is -0.373 e. The Morgan fingerprint density at radius 1 is 1.25 bits per heavy atom. The van der Waals surface area contributed by atoms with Gasteiger partial charge in [0.05, 0.1) is 12.2 Å². The molecule has 5 nitrogen and oxygen atoms in total. The van der Waals surface area contributed by atoms with E-state index in [2.05, 4.69) is 40.6 Å². The van der Waals surface area contributed by atoms with Gasteiger partial charge in [0, 0.05) is 45.5 Å². The molecule has 2 atom stereocenters. The zero-order valence-electron chi connectivity index (χ0n) is 13.3. The fourth-order valence-electron chi connectivity index (χ4n) is 2.47. The molecule has 1 fully saturated rings. The maximum atomic E-state index is 5.74. The monoisotopic (exact) mass is 302 g/mol. The van der Waals surface area contributed by atoms with Gasteiger partial charge in [0.15, 0.2) is 5.96 Å². The molecule has 0 radical (unpaired) electrons. The van der Waals surface area contributed by atoms with E-state index in [4.69, 9.17) is 4.74 Å². The third-order valence-electron chi connectivity index (χ3n) is 3.26. The average molecular weight is 302 g/mol. The molecule has 1 heterocycles. The fraction of sp³-hybridized carbons (Fsp3) is 0.929. The van der Waals surface area contributed by atoms with Gasteiger partial charge >= 0.3 is 0 Å². The second-order valence-electron chi connectivity index (χ2n) is 5.29. The molecule has 0 aromatic rings. The summed E-state index contributed by atoms with van der Waals surface area (Å²) >= 11 is 1.84. The van der Waals surface area contributed by atoms with Gasteiger partial charge in [-0.05, 0) is 26.5 Å². The van der Waals surface area contributed by atoms with Gasteiger partial charge in [-0.2, -0.15) is 11.8 Å².